The van der Waals surface area contributed by atoms with Gasteiger partial charge in [0.2, 0.25) is 0 Å². The average molecular weight is 158 g/mol. The third-order valence-corrected chi connectivity index (χ3v) is 2.55. The number of aliphatic hydroxyl groups excluding tert-OH is 1. The minimum absolute atomic E-state index is 0.265. The topological polar surface area (TPSA) is 49.5 Å². The van der Waals surface area contributed by atoms with E-state index in [1.807, 2.05) is 0 Å². The highest BCUT2D eigenvalue weighted by atomic mass is 16.3. The van der Waals surface area contributed by atoms with Gasteiger partial charge < -0.3 is 15.7 Å². The highest BCUT2D eigenvalue weighted by molar-refractivity contribution is 4.86. The van der Waals surface area contributed by atoms with E-state index in [4.69, 9.17) is 10.8 Å². The number of likely N-dealkylation sites (tertiary alicyclic amines) is 1. The molecule has 1 heterocycles. The molecule has 0 spiro atoms. The molecule has 3 nitrogen and oxygen atoms in total. The predicted octanol–water partition coefficient (Wildman–Crippen LogP) is -0.351. The van der Waals surface area contributed by atoms with Crippen molar-refractivity contribution in [2.24, 2.45) is 11.1 Å². The third kappa shape index (κ3) is 2.15. The zero-order valence-electron chi connectivity index (χ0n) is 7.21. The first-order valence-electron chi connectivity index (χ1n) is 4.23. The minimum Gasteiger partial charge on any atom is -0.395 e. The highest BCUT2D eigenvalue weighted by Gasteiger charge is 2.31. The number of nitrogens with zero attached hydrogens (tertiary/aromatic N) is 1. The Morgan fingerprint density at radius 3 is 2.82 bits per heavy atom. The smallest absolute Gasteiger partial charge is 0.0558 e. The van der Waals surface area contributed by atoms with Gasteiger partial charge in [-0.15, -0.1) is 0 Å². The second-order valence-electron chi connectivity index (χ2n) is 3.76. The van der Waals surface area contributed by atoms with E-state index in [1.54, 1.807) is 0 Å². The predicted molar refractivity (Wildman–Crippen MR) is 45.3 cm³/mol. The monoisotopic (exact) mass is 158 g/mol. The summed E-state index contributed by atoms with van der Waals surface area (Å²) in [6, 6.07) is 0. The van der Waals surface area contributed by atoms with E-state index >= 15 is 0 Å². The van der Waals surface area contributed by atoms with Crippen LogP contribution in [0.3, 0.4) is 0 Å². The molecule has 1 aliphatic heterocycles. The summed E-state index contributed by atoms with van der Waals surface area (Å²) < 4.78 is 0. The lowest BCUT2D eigenvalue weighted by Gasteiger charge is -2.21. The molecule has 1 unspecified atom stereocenters. The van der Waals surface area contributed by atoms with Gasteiger partial charge in [-0.05, 0) is 24.9 Å². The number of rotatable bonds is 3. The van der Waals surface area contributed by atoms with E-state index < -0.39 is 0 Å². The summed E-state index contributed by atoms with van der Waals surface area (Å²) in [5, 5.41) is 8.70. The van der Waals surface area contributed by atoms with Gasteiger partial charge >= 0.3 is 0 Å². The van der Waals surface area contributed by atoms with E-state index in [0.717, 1.165) is 26.2 Å². The third-order valence-electron chi connectivity index (χ3n) is 2.55. The van der Waals surface area contributed by atoms with Crippen LogP contribution in [0.1, 0.15) is 13.3 Å². The molecule has 3 heteroatoms. The minimum atomic E-state index is 0.265. The molecule has 1 atom stereocenters. The number of hydrogen-bond donors (Lipinski definition) is 2. The Balaban J connectivity index is 2.33. The van der Waals surface area contributed by atoms with Gasteiger partial charge in [-0.2, -0.15) is 0 Å². The van der Waals surface area contributed by atoms with E-state index in [1.165, 1.54) is 6.42 Å². The first-order chi connectivity index (χ1) is 5.20. The largest absolute Gasteiger partial charge is 0.395 e. The van der Waals surface area contributed by atoms with E-state index in [-0.39, 0.29) is 6.61 Å². The van der Waals surface area contributed by atoms with Crippen molar-refractivity contribution in [3.05, 3.63) is 0 Å². The SMILES string of the molecule is CC1(CN)CCN(CCO)C1. The molecule has 0 radical (unpaired) electrons. The maximum atomic E-state index is 8.70. The Morgan fingerprint density at radius 2 is 2.36 bits per heavy atom. The Bertz CT molecular complexity index is 129. The molecule has 0 aromatic carbocycles. The van der Waals surface area contributed by atoms with Crippen molar-refractivity contribution < 1.29 is 5.11 Å². The Labute approximate surface area is 68.2 Å². The molecule has 0 aromatic heterocycles. The molecule has 11 heavy (non-hydrogen) atoms. The van der Waals surface area contributed by atoms with Crippen LogP contribution in [0.2, 0.25) is 0 Å². The van der Waals surface area contributed by atoms with Crippen LogP contribution >= 0.6 is 0 Å². The van der Waals surface area contributed by atoms with Gasteiger partial charge in [0.1, 0.15) is 0 Å². The van der Waals surface area contributed by atoms with Crippen LogP contribution in [-0.4, -0.2) is 42.8 Å². The van der Waals surface area contributed by atoms with Crippen LogP contribution < -0.4 is 5.73 Å². The lowest BCUT2D eigenvalue weighted by molar-refractivity contribution is 0.206. The van der Waals surface area contributed by atoms with Gasteiger partial charge in [0.25, 0.3) is 0 Å². The number of nitrogens with two attached hydrogens (primary N) is 1. The highest BCUT2D eigenvalue weighted by Crippen LogP contribution is 2.27. The average Bonchev–Trinajstić information content (AvgIpc) is 2.35. The lowest BCUT2D eigenvalue weighted by atomic mass is 9.90. The fourth-order valence-corrected chi connectivity index (χ4v) is 1.62. The first-order valence-corrected chi connectivity index (χ1v) is 4.23. The molecular weight excluding hydrogens is 140 g/mol. The van der Waals surface area contributed by atoms with Crippen molar-refractivity contribution in [3.8, 4) is 0 Å². The summed E-state index contributed by atoms with van der Waals surface area (Å²) >= 11 is 0. The van der Waals surface area contributed by atoms with Gasteiger partial charge in [-0.3, -0.25) is 0 Å². The Kier molecular flexibility index (Phi) is 2.87. The zero-order chi connectivity index (χ0) is 8.32. The van der Waals surface area contributed by atoms with E-state index in [0.29, 0.717) is 5.41 Å². The second-order valence-corrected chi connectivity index (χ2v) is 3.76. The van der Waals surface area contributed by atoms with Gasteiger partial charge in [0.05, 0.1) is 6.61 Å². The molecule has 1 saturated heterocycles. The van der Waals surface area contributed by atoms with Crippen molar-refractivity contribution >= 4 is 0 Å². The van der Waals surface area contributed by atoms with Crippen LogP contribution in [0.15, 0.2) is 0 Å². The van der Waals surface area contributed by atoms with Gasteiger partial charge in [0, 0.05) is 13.1 Å². The van der Waals surface area contributed by atoms with Gasteiger partial charge in [-0.1, -0.05) is 6.92 Å². The molecule has 0 aliphatic carbocycles. The second kappa shape index (κ2) is 3.52. The maximum Gasteiger partial charge on any atom is 0.0558 e. The lowest BCUT2D eigenvalue weighted by Crippen LogP contribution is -2.32. The van der Waals surface area contributed by atoms with E-state index in [2.05, 4.69) is 11.8 Å². The molecular formula is C8H18N2O. The maximum absolute atomic E-state index is 8.70. The van der Waals surface area contributed by atoms with Crippen molar-refractivity contribution in [3.63, 3.8) is 0 Å². The van der Waals surface area contributed by atoms with Crippen LogP contribution in [0.5, 0.6) is 0 Å². The summed E-state index contributed by atoms with van der Waals surface area (Å²) in [6.45, 7) is 6.17. The van der Waals surface area contributed by atoms with Gasteiger partial charge in [-0.25, -0.2) is 0 Å². The van der Waals surface area contributed by atoms with Crippen molar-refractivity contribution in [2.45, 2.75) is 13.3 Å². The quantitative estimate of drug-likeness (QED) is 0.590. The molecule has 1 rings (SSSR count). The summed E-state index contributed by atoms with van der Waals surface area (Å²) in [4.78, 5) is 2.27. The standard InChI is InChI=1S/C8H18N2O/c1-8(6-9)2-3-10(7-8)4-5-11/h11H,2-7,9H2,1H3. The number of aliphatic hydroxyl groups is 1. The van der Waals surface area contributed by atoms with Crippen molar-refractivity contribution in [2.75, 3.05) is 32.8 Å². The molecule has 0 bridgehead atoms. The van der Waals surface area contributed by atoms with Crippen LogP contribution in [0.4, 0.5) is 0 Å². The zero-order valence-corrected chi connectivity index (χ0v) is 7.21. The molecule has 0 saturated carbocycles. The van der Waals surface area contributed by atoms with Crippen molar-refractivity contribution in [1.29, 1.82) is 0 Å². The fourth-order valence-electron chi connectivity index (χ4n) is 1.62. The molecule has 0 amide bonds. The molecule has 3 N–H and O–H groups in total. The summed E-state index contributed by atoms with van der Waals surface area (Å²) in [5.41, 5.74) is 5.94. The number of hydrogen-bond acceptors (Lipinski definition) is 3. The van der Waals surface area contributed by atoms with Crippen LogP contribution in [0, 0.1) is 5.41 Å². The van der Waals surface area contributed by atoms with Crippen LogP contribution in [0.25, 0.3) is 0 Å². The number of β-amino-alcohol motifs (C(OH)–C–C–N with tert-alkyl or cyclic N) is 1. The first kappa shape index (κ1) is 8.97. The van der Waals surface area contributed by atoms with Gasteiger partial charge in [0.15, 0.2) is 0 Å². The Hall–Kier alpha value is -0.120. The van der Waals surface area contributed by atoms with Crippen molar-refractivity contribution in [1.82, 2.24) is 4.90 Å². The molecule has 1 aliphatic rings. The summed E-state index contributed by atoms with van der Waals surface area (Å²) in [6.07, 6.45) is 1.17. The normalized spacial score (nSPS) is 33.0. The fraction of sp³-hybridized carbons (Fsp3) is 1.00. The molecule has 1 fully saturated rings. The van der Waals surface area contributed by atoms with Crippen LogP contribution in [-0.2, 0) is 0 Å². The Morgan fingerprint density at radius 1 is 1.64 bits per heavy atom. The molecule has 0 aromatic rings. The molecule has 66 valence electrons. The summed E-state index contributed by atoms with van der Waals surface area (Å²) in [7, 11) is 0. The van der Waals surface area contributed by atoms with E-state index in [9.17, 15) is 0 Å². The summed E-state index contributed by atoms with van der Waals surface area (Å²) in [5.74, 6) is 0.